The lowest BCUT2D eigenvalue weighted by atomic mass is 10.0. The molecule has 0 aliphatic carbocycles. The largest absolute Gasteiger partial charge is 0.0654 e. The van der Waals surface area contributed by atoms with Gasteiger partial charge in [0, 0.05) is 0 Å². The average molecular weight is 948 g/mol. The third kappa shape index (κ3) is 53.0. The zero-order valence-corrected chi connectivity index (χ0v) is 47.7. The molecule has 68 heavy (non-hydrogen) atoms. The summed E-state index contributed by atoms with van der Waals surface area (Å²) in [7, 11) is 0. The number of hydrogen-bond acceptors (Lipinski definition) is 0. The first-order valence-corrected chi connectivity index (χ1v) is 32.9. The molecule has 0 saturated carbocycles. The normalized spacial score (nSPS) is 11.7. The SMILES string of the molecule is CCCCCCCCCCCCCCCCCCCCCCCCCCCCCCCc1ccc(CCCCCCCCCCCCCCCCCCCCCCCCCCCCCCC)cc1. The predicted octanol–water partition coefficient (Wildman–Crippen LogP) is 25.4. The van der Waals surface area contributed by atoms with Crippen molar-refractivity contribution in [1.29, 1.82) is 0 Å². The molecular weight excluding hydrogens is 817 g/mol. The Morgan fingerprint density at radius 1 is 0.147 bits per heavy atom. The zero-order chi connectivity index (χ0) is 48.4. The molecular formula is C68H130. The van der Waals surface area contributed by atoms with E-state index >= 15 is 0 Å². The summed E-state index contributed by atoms with van der Waals surface area (Å²) < 4.78 is 0. The fourth-order valence-corrected chi connectivity index (χ4v) is 11.2. The molecule has 0 radical (unpaired) electrons. The summed E-state index contributed by atoms with van der Waals surface area (Å²) in [6.45, 7) is 4.63. The van der Waals surface area contributed by atoms with Crippen LogP contribution >= 0.6 is 0 Å². The van der Waals surface area contributed by atoms with Gasteiger partial charge in [-0.1, -0.05) is 398 Å². The highest BCUT2D eigenvalue weighted by Crippen LogP contribution is 2.20. The minimum Gasteiger partial charge on any atom is -0.0654 e. The van der Waals surface area contributed by atoms with E-state index in [1.54, 1.807) is 11.1 Å². The van der Waals surface area contributed by atoms with Gasteiger partial charge < -0.3 is 0 Å². The molecule has 0 aliphatic rings. The minimum atomic E-state index is 1.28. The Morgan fingerprint density at radius 2 is 0.250 bits per heavy atom. The number of unbranched alkanes of at least 4 members (excludes halogenated alkanes) is 56. The van der Waals surface area contributed by atoms with Gasteiger partial charge >= 0.3 is 0 Å². The Morgan fingerprint density at radius 3 is 0.368 bits per heavy atom. The van der Waals surface area contributed by atoms with Crippen LogP contribution in [0.3, 0.4) is 0 Å². The first kappa shape index (κ1) is 65.2. The van der Waals surface area contributed by atoms with Crippen LogP contribution in [0.25, 0.3) is 0 Å². The molecule has 0 amide bonds. The van der Waals surface area contributed by atoms with Crippen molar-refractivity contribution < 1.29 is 0 Å². The quantitative estimate of drug-likeness (QED) is 0.0571. The molecule has 0 aliphatic heterocycles. The first-order valence-electron chi connectivity index (χ1n) is 32.9. The summed E-state index contributed by atoms with van der Waals surface area (Å²) in [5.74, 6) is 0. The maximum atomic E-state index is 2.43. The molecule has 0 nitrogen and oxygen atoms in total. The minimum absolute atomic E-state index is 1.28. The van der Waals surface area contributed by atoms with Crippen molar-refractivity contribution in [2.75, 3.05) is 0 Å². The van der Waals surface area contributed by atoms with Crippen LogP contribution in [-0.2, 0) is 12.8 Å². The molecule has 0 bridgehead atoms. The van der Waals surface area contributed by atoms with E-state index in [1.807, 2.05) is 0 Å². The van der Waals surface area contributed by atoms with Crippen molar-refractivity contribution in [3.63, 3.8) is 0 Å². The summed E-state index contributed by atoms with van der Waals surface area (Å²) in [4.78, 5) is 0. The molecule has 0 atom stereocenters. The van der Waals surface area contributed by atoms with Gasteiger partial charge in [0.05, 0.1) is 0 Å². The van der Waals surface area contributed by atoms with Gasteiger partial charge in [-0.25, -0.2) is 0 Å². The van der Waals surface area contributed by atoms with E-state index in [2.05, 4.69) is 38.1 Å². The maximum Gasteiger partial charge on any atom is -0.0279 e. The van der Waals surface area contributed by atoms with Crippen LogP contribution in [0.5, 0.6) is 0 Å². The number of aryl methyl sites for hydroxylation is 2. The molecule has 1 aromatic carbocycles. The molecule has 0 heteroatoms. The number of hydrogen-bond donors (Lipinski definition) is 0. The molecule has 0 saturated heterocycles. The van der Waals surface area contributed by atoms with E-state index in [4.69, 9.17) is 0 Å². The highest BCUT2D eigenvalue weighted by Gasteiger charge is 2.01. The molecule has 0 aromatic heterocycles. The Labute approximate surface area is 432 Å². The van der Waals surface area contributed by atoms with Crippen LogP contribution in [0, 0.1) is 0 Å². The van der Waals surface area contributed by atoms with Crippen LogP contribution in [0.1, 0.15) is 397 Å². The Balaban J connectivity index is 1.71. The fraction of sp³-hybridized carbons (Fsp3) is 0.912. The summed E-state index contributed by atoms with van der Waals surface area (Å²) >= 11 is 0. The van der Waals surface area contributed by atoms with Gasteiger partial charge in [-0.15, -0.1) is 0 Å². The van der Waals surface area contributed by atoms with E-state index in [0.29, 0.717) is 0 Å². The number of benzene rings is 1. The highest BCUT2D eigenvalue weighted by molar-refractivity contribution is 5.22. The van der Waals surface area contributed by atoms with Gasteiger partial charge in [-0.2, -0.15) is 0 Å². The lowest BCUT2D eigenvalue weighted by Gasteiger charge is -2.06. The van der Waals surface area contributed by atoms with Gasteiger partial charge in [-0.3, -0.25) is 0 Å². The Bertz CT molecular complexity index is 924. The molecule has 0 spiro atoms. The van der Waals surface area contributed by atoms with E-state index in [9.17, 15) is 0 Å². The predicted molar refractivity (Wildman–Crippen MR) is 313 cm³/mol. The van der Waals surface area contributed by atoms with E-state index in [-0.39, 0.29) is 0 Å². The standard InChI is InChI=1S/C68H130/c1-3-5-7-9-11-13-15-17-19-21-23-25-27-29-31-33-35-37-39-41-43-45-47-49-51-53-55-57-59-61-67-63-65-68(66-64-67)62-60-58-56-54-52-50-48-46-44-42-40-38-36-34-32-30-28-26-24-22-20-18-16-14-12-10-8-6-4-2/h63-66H,3-62H2,1-2H3. The van der Waals surface area contributed by atoms with Crippen LogP contribution in [-0.4, -0.2) is 0 Å². The van der Waals surface area contributed by atoms with E-state index < -0.39 is 0 Å². The van der Waals surface area contributed by atoms with Crippen molar-refractivity contribution in [3.05, 3.63) is 35.4 Å². The lowest BCUT2D eigenvalue weighted by molar-refractivity contribution is 0.513. The van der Waals surface area contributed by atoms with Gasteiger partial charge in [0.1, 0.15) is 0 Å². The van der Waals surface area contributed by atoms with E-state index in [1.165, 1.54) is 385 Å². The van der Waals surface area contributed by atoms with Crippen LogP contribution in [0.2, 0.25) is 0 Å². The monoisotopic (exact) mass is 947 g/mol. The molecule has 0 unspecified atom stereocenters. The van der Waals surface area contributed by atoms with Gasteiger partial charge in [-0.05, 0) is 36.8 Å². The smallest absolute Gasteiger partial charge is 0.0279 e. The van der Waals surface area contributed by atoms with Crippen LogP contribution in [0.4, 0.5) is 0 Å². The molecule has 402 valence electrons. The molecule has 1 aromatic rings. The highest BCUT2D eigenvalue weighted by atomic mass is 14.1. The third-order valence-corrected chi connectivity index (χ3v) is 16.2. The van der Waals surface area contributed by atoms with Crippen molar-refractivity contribution in [2.45, 2.75) is 399 Å². The van der Waals surface area contributed by atoms with Crippen molar-refractivity contribution in [2.24, 2.45) is 0 Å². The second kappa shape index (κ2) is 58.8. The second-order valence-electron chi connectivity index (χ2n) is 23.1. The topological polar surface area (TPSA) is 0 Å². The molecule has 0 heterocycles. The third-order valence-electron chi connectivity index (χ3n) is 16.2. The van der Waals surface area contributed by atoms with Crippen LogP contribution in [0.15, 0.2) is 24.3 Å². The summed E-state index contributed by atoms with van der Waals surface area (Å²) in [6, 6.07) is 9.72. The molecule has 0 fully saturated rings. The summed E-state index contributed by atoms with van der Waals surface area (Å²) in [5.41, 5.74) is 3.12. The second-order valence-corrected chi connectivity index (χ2v) is 23.1. The number of rotatable bonds is 60. The van der Waals surface area contributed by atoms with Gasteiger partial charge in [0.2, 0.25) is 0 Å². The maximum absolute atomic E-state index is 2.43. The Hall–Kier alpha value is -0.780. The van der Waals surface area contributed by atoms with Crippen LogP contribution < -0.4 is 0 Å². The van der Waals surface area contributed by atoms with Gasteiger partial charge in [0.15, 0.2) is 0 Å². The zero-order valence-electron chi connectivity index (χ0n) is 47.7. The molecule has 1 rings (SSSR count). The van der Waals surface area contributed by atoms with Gasteiger partial charge in [0.25, 0.3) is 0 Å². The summed E-state index contributed by atoms with van der Waals surface area (Å²) in [6.07, 6.45) is 87.9. The summed E-state index contributed by atoms with van der Waals surface area (Å²) in [5, 5.41) is 0. The van der Waals surface area contributed by atoms with Crippen molar-refractivity contribution in [1.82, 2.24) is 0 Å². The average Bonchev–Trinajstić information content (AvgIpc) is 3.35. The van der Waals surface area contributed by atoms with Crippen molar-refractivity contribution in [3.8, 4) is 0 Å². The van der Waals surface area contributed by atoms with Crippen molar-refractivity contribution >= 4 is 0 Å². The Kier molecular flexibility index (Phi) is 56.4. The lowest BCUT2D eigenvalue weighted by Crippen LogP contribution is -1.90. The first-order chi connectivity index (χ1) is 33.9. The van der Waals surface area contributed by atoms with E-state index in [0.717, 1.165) is 0 Å². The fourth-order valence-electron chi connectivity index (χ4n) is 11.2. The molecule has 0 N–H and O–H groups in total.